The van der Waals surface area contributed by atoms with Crippen LogP contribution in [0.25, 0.3) is 0 Å². The van der Waals surface area contributed by atoms with E-state index in [1.165, 1.54) is 23.3 Å². The average Bonchev–Trinajstić information content (AvgIpc) is 2.49. The van der Waals surface area contributed by atoms with Gasteiger partial charge in [0.1, 0.15) is 0 Å². The number of nitrogens with one attached hydrogen (secondary N) is 1. The van der Waals surface area contributed by atoms with Gasteiger partial charge in [0.05, 0.1) is 0 Å². The first-order chi connectivity index (χ1) is 9.70. The van der Waals surface area contributed by atoms with Gasteiger partial charge in [0, 0.05) is 12.0 Å². The second-order valence-corrected chi connectivity index (χ2v) is 5.27. The Morgan fingerprint density at radius 3 is 2.40 bits per heavy atom. The van der Waals surface area contributed by atoms with Crippen LogP contribution in [0.2, 0.25) is 0 Å². The van der Waals surface area contributed by atoms with Crippen LogP contribution in [0, 0.1) is 11.6 Å². The highest BCUT2D eigenvalue weighted by Gasteiger charge is 2.27. The minimum absolute atomic E-state index is 0.144. The molecular formula is C17H17F2N. The predicted molar refractivity (Wildman–Crippen MR) is 75.7 cm³/mol. The number of rotatable bonds is 2. The van der Waals surface area contributed by atoms with Crippen LogP contribution in [0.3, 0.4) is 0 Å². The van der Waals surface area contributed by atoms with E-state index in [1.54, 1.807) is 6.07 Å². The van der Waals surface area contributed by atoms with Crippen LogP contribution in [0.4, 0.5) is 8.78 Å². The van der Waals surface area contributed by atoms with E-state index >= 15 is 0 Å². The van der Waals surface area contributed by atoms with Gasteiger partial charge in [-0.3, -0.25) is 0 Å². The van der Waals surface area contributed by atoms with Crippen molar-refractivity contribution < 1.29 is 8.78 Å². The molecule has 2 atom stereocenters. The first-order valence-corrected chi connectivity index (χ1v) is 6.91. The Kier molecular flexibility index (Phi) is 3.53. The second-order valence-electron chi connectivity index (χ2n) is 5.27. The molecule has 0 bridgehead atoms. The number of hydrogen-bond donors (Lipinski definition) is 1. The maximum atomic E-state index is 13.5. The number of halogens is 2. The van der Waals surface area contributed by atoms with Crippen molar-refractivity contribution >= 4 is 0 Å². The Labute approximate surface area is 117 Å². The van der Waals surface area contributed by atoms with E-state index in [9.17, 15) is 8.78 Å². The van der Waals surface area contributed by atoms with Gasteiger partial charge in [-0.1, -0.05) is 30.3 Å². The molecule has 3 rings (SSSR count). The lowest BCUT2D eigenvalue weighted by atomic mass is 9.77. The number of benzene rings is 2. The monoisotopic (exact) mass is 273 g/mol. The summed E-state index contributed by atoms with van der Waals surface area (Å²) < 4.78 is 26.6. The SMILES string of the molecule is CNC1CCC(c2ccc(F)c(F)c2)c2ccccc21. The zero-order chi connectivity index (χ0) is 14.1. The summed E-state index contributed by atoms with van der Waals surface area (Å²) in [5, 5.41) is 3.32. The fraction of sp³-hybridized carbons (Fsp3) is 0.294. The first-order valence-electron chi connectivity index (χ1n) is 6.91. The summed E-state index contributed by atoms with van der Waals surface area (Å²) in [5.41, 5.74) is 3.32. The Morgan fingerprint density at radius 2 is 1.70 bits per heavy atom. The zero-order valence-electron chi connectivity index (χ0n) is 11.4. The Morgan fingerprint density at radius 1 is 0.950 bits per heavy atom. The molecular weight excluding hydrogens is 256 g/mol. The third-order valence-electron chi connectivity index (χ3n) is 4.19. The molecule has 0 amide bonds. The number of hydrogen-bond acceptors (Lipinski definition) is 1. The van der Waals surface area contributed by atoms with E-state index in [0.29, 0.717) is 6.04 Å². The van der Waals surface area contributed by atoms with Gasteiger partial charge < -0.3 is 5.32 Å². The van der Waals surface area contributed by atoms with Crippen molar-refractivity contribution in [2.45, 2.75) is 24.8 Å². The van der Waals surface area contributed by atoms with Gasteiger partial charge in [0.25, 0.3) is 0 Å². The molecule has 0 aromatic heterocycles. The topological polar surface area (TPSA) is 12.0 Å². The molecule has 2 unspecified atom stereocenters. The average molecular weight is 273 g/mol. The molecule has 1 aliphatic rings. The first kappa shape index (κ1) is 13.3. The summed E-state index contributed by atoms with van der Waals surface area (Å²) in [6.45, 7) is 0. The molecule has 0 saturated carbocycles. The lowest BCUT2D eigenvalue weighted by Gasteiger charge is -2.31. The van der Waals surface area contributed by atoms with Crippen molar-refractivity contribution in [3.63, 3.8) is 0 Å². The molecule has 0 radical (unpaired) electrons. The van der Waals surface area contributed by atoms with Crippen LogP contribution < -0.4 is 5.32 Å². The Hall–Kier alpha value is -1.74. The highest BCUT2D eigenvalue weighted by atomic mass is 19.2. The summed E-state index contributed by atoms with van der Waals surface area (Å²) in [4.78, 5) is 0. The molecule has 104 valence electrons. The van der Waals surface area contributed by atoms with Crippen LogP contribution in [-0.2, 0) is 0 Å². The minimum atomic E-state index is -0.786. The van der Waals surface area contributed by atoms with Crippen molar-refractivity contribution in [3.8, 4) is 0 Å². The molecule has 0 heterocycles. The van der Waals surface area contributed by atoms with Gasteiger partial charge in [-0.2, -0.15) is 0 Å². The highest BCUT2D eigenvalue weighted by molar-refractivity contribution is 5.41. The van der Waals surface area contributed by atoms with E-state index in [-0.39, 0.29) is 5.92 Å². The molecule has 0 fully saturated rings. The molecule has 2 aromatic carbocycles. The third kappa shape index (κ3) is 2.22. The van der Waals surface area contributed by atoms with Crippen LogP contribution >= 0.6 is 0 Å². The van der Waals surface area contributed by atoms with Gasteiger partial charge in [-0.15, -0.1) is 0 Å². The summed E-state index contributed by atoms with van der Waals surface area (Å²) in [5.74, 6) is -1.41. The highest BCUT2D eigenvalue weighted by Crippen LogP contribution is 2.41. The molecule has 1 N–H and O–H groups in total. The normalized spacial score (nSPS) is 21.6. The van der Waals surface area contributed by atoms with Crippen LogP contribution in [0.15, 0.2) is 42.5 Å². The fourth-order valence-corrected chi connectivity index (χ4v) is 3.17. The van der Waals surface area contributed by atoms with Crippen molar-refractivity contribution in [2.75, 3.05) is 7.05 Å². The summed E-state index contributed by atoms with van der Waals surface area (Å²) in [7, 11) is 1.96. The van der Waals surface area contributed by atoms with Crippen LogP contribution in [0.1, 0.15) is 41.5 Å². The molecule has 0 aliphatic heterocycles. The standard InChI is InChI=1S/C17H17F2N/c1-20-17-9-7-12(13-4-2-3-5-14(13)17)11-6-8-15(18)16(19)10-11/h2-6,8,10,12,17,20H,7,9H2,1H3. The van der Waals surface area contributed by atoms with E-state index in [1.807, 2.05) is 19.2 Å². The van der Waals surface area contributed by atoms with Gasteiger partial charge >= 0.3 is 0 Å². The van der Waals surface area contributed by atoms with Crippen LogP contribution in [-0.4, -0.2) is 7.05 Å². The Bertz CT molecular complexity index is 624. The lowest BCUT2D eigenvalue weighted by Crippen LogP contribution is -2.24. The Balaban J connectivity index is 2.05. The van der Waals surface area contributed by atoms with E-state index in [4.69, 9.17) is 0 Å². The smallest absolute Gasteiger partial charge is 0.159 e. The molecule has 1 nitrogen and oxygen atoms in total. The van der Waals surface area contributed by atoms with Crippen molar-refractivity contribution in [1.82, 2.24) is 5.32 Å². The minimum Gasteiger partial charge on any atom is -0.313 e. The lowest BCUT2D eigenvalue weighted by molar-refractivity contribution is 0.466. The summed E-state index contributed by atoms with van der Waals surface area (Å²) >= 11 is 0. The van der Waals surface area contributed by atoms with E-state index in [0.717, 1.165) is 18.4 Å². The van der Waals surface area contributed by atoms with Gasteiger partial charge in [0.2, 0.25) is 0 Å². The molecule has 2 aromatic rings. The fourth-order valence-electron chi connectivity index (χ4n) is 3.17. The van der Waals surface area contributed by atoms with Crippen LogP contribution in [0.5, 0.6) is 0 Å². The predicted octanol–water partition coefficient (Wildman–Crippen LogP) is 4.15. The van der Waals surface area contributed by atoms with Gasteiger partial charge in [-0.05, 0) is 48.7 Å². The van der Waals surface area contributed by atoms with Crippen molar-refractivity contribution in [2.24, 2.45) is 0 Å². The van der Waals surface area contributed by atoms with E-state index < -0.39 is 11.6 Å². The quantitative estimate of drug-likeness (QED) is 0.866. The van der Waals surface area contributed by atoms with Crippen molar-refractivity contribution in [3.05, 3.63) is 70.8 Å². The molecule has 3 heteroatoms. The molecule has 1 aliphatic carbocycles. The molecule has 20 heavy (non-hydrogen) atoms. The third-order valence-corrected chi connectivity index (χ3v) is 4.19. The molecule has 0 spiro atoms. The molecule has 0 saturated heterocycles. The van der Waals surface area contributed by atoms with Crippen molar-refractivity contribution in [1.29, 1.82) is 0 Å². The van der Waals surface area contributed by atoms with E-state index in [2.05, 4.69) is 17.4 Å². The zero-order valence-corrected chi connectivity index (χ0v) is 11.4. The van der Waals surface area contributed by atoms with Gasteiger partial charge in [0.15, 0.2) is 11.6 Å². The summed E-state index contributed by atoms with van der Waals surface area (Å²) in [6, 6.07) is 12.8. The largest absolute Gasteiger partial charge is 0.313 e. The number of fused-ring (bicyclic) bond motifs is 1. The maximum Gasteiger partial charge on any atom is 0.159 e. The second kappa shape index (κ2) is 5.33. The van der Waals surface area contributed by atoms with Gasteiger partial charge in [-0.25, -0.2) is 8.78 Å². The summed E-state index contributed by atoms with van der Waals surface area (Å²) in [6.07, 6.45) is 1.94. The maximum absolute atomic E-state index is 13.5.